The van der Waals surface area contributed by atoms with Gasteiger partial charge >= 0.3 is 0 Å². The molecule has 0 saturated heterocycles. The van der Waals surface area contributed by atoms with Crippen molar-refractivity contribution >= 4 is 23.4 Å². The predicted molar refractivity (Wildman–Crippen MR) is 72.1 cm³/mol. The smallest absolute Gasteiger partial charge is 0.138 e. The van der Waals surface area contributed by atoms with Crippen LogP contribution in [0, 0.1) is 12.7 Å². The third-order valence-electron chi connectivity index (χ3n) is 2.67. The van der Waals surface area contributed by atoms with Gasteiger partial charge in [0.1, 0.15) is 11.6 Å². The Hall–Kier alpha value is -1.20. The number of methoxy groups -OCH3 is 1. The molecule has 2 rings (SSSR count). The summed E-state index contributed by atoms with van der Waals surface area (Å²) in [6.45, 7) is 1.89. The van der Waals surface area contributed by atoms with E-state index in [0.29, 0.717) is 17.0 Å². The molecule has 0 aliphatic rings. The van der Waals surface area contributed by atoms with Gasteiger partial charge in [0.2, 0.25) is 0 Å². The normalized spacial score (nSPS) is 10.7. The first-order chi connectivity index (χ1) is 8.58. The Bertz CT molecular complexity index is 586. The van der Waals surface area contributed by atoms with Crippen molar-refractivity contribution in [2.45, 2.75) is 11.9 Å². The Balaban J connectivity index is 2.59. The van der Waals surface area contributed by atoms with Crippen LogP contribution >= 0.6 is 23.4 Å². The number of aromatic nitrogens is 2. The predicted octanol–water partition coefficient (Wildman–Crippen LogP) is 3.91. The van der Waals surface area contributed by atoms with Gasteiger partial charge in [-0.2, -0.15) is 5.10 Å². The minimum atomic E-state index is -0.414. The molecule has 1 aromatic carbocycles. The second-order valence-electron chi connectivity index (χ2n) is 3.70. The largest absolute Gasteiger partial charge is 0.495 e. The maximum atomic E-state index is 13.9. The van der Waals surface area contributed by atoms with E-state index in [9.17, 15) is 4.39 Å². The number of halogens is 2. The first kappa shape index (κ1) is 13.2. The van der Waals surface area contributed by atoms with Gasteiger partial charge in [0, 0.05) is 11.1 Å². The Morgan fingerprint density at radius 1 is 1.44 bits per heavy atom. The molecule has 0 aliphatic carbocycles. The fraction of sp³-hybridized carbons (Fsp3) is 0.250. The molecule has 1 heterocycles. The first-order valence-electron chi connectivity index (χ1n) is 5.20. The van der Waals surface area contributed by atoms with Crippen LogP contribution in [-0.2, 0) is 0 Å². The van der Waals surface area contributed by atoms with E-state index in [4.69, 9.17) is 16.3 Å². The van der Waals surface area contributed by atoms with Crippen LogP contribution in [0.15, 0.2) is 17.2 Å². The van der Waals surface area contributed by atoms with E-state index in [-0.39, 0.29) is 5.02 Å². The average molecular weight is 287 g/mol. The van der Waals surface area contributed by atoms with Crippen LogP contribution in [0.5, 0.6) is 5.75 Å². The lowest BCUT2D eigenvalue weighted by atomic mass is 10.1. The number of ether oxygens (including phenoxy) is 1. The van der Waals surface area contributed by atoms with Gasteiger partial charge in [-0.1, -0.05) is 11.6 Å². The zero-order chi connectivity index (χ0) is 13.3. The Morgan fingerprint density at radius 2 is 2.17 bits per heavy atom. The van der Waals surface area contributed by atoms with Crippen molar-refractivity contribution in [3.05, 3.63) is 28.5 Å². The average Bonchev–Trinajstić information content (AvgIpc) is 2.71. The van der Waals surface area contributed by atoms with Crippen molar-refractivity contribution in [2.75, 3.05) is 13.4 Å². The topological polar surface area (TPSA) is 37.9 Å². The lowest BCUT2D eigenvalue weighted by Gasteiger charge is -2.07. The number of hydrogen-bond acceptors (Lipinski definition) is 3. The number of aromatic amines is 1. The van der Waals surface area contributed by atoms with Crippen LogP contribution in [-0.4, -0.2) is 23.6 Å². The second-order valence-corrected chi connectivity index (χ2v) is 4.92. The molecule has 3 nitrogen and oxygen atoms in total. The van der Waals surface area contributed by atoms with Crippen LogP contribution < -0.4 is 4.74 Å². The van der Waals surface area contributed by atoms with Crippen molar-refractivity contribution in [2.24, 2.45) is 0 Å². The van der Waals surface area contributed by atoms with E-state index in [0.717, 1.165) is 10.6 Å². The van der Waals surface area contributed by atoms with Gasteiger partial charge in [0.15, 0.2) is 0 Å². The Kier molecular flexibility index (Phi) is 3.82. The monoisotopic (exact) mass is 286 g/mol. The minimum absolute atomic E-state index is 0.247. The fourth-order valence-electron chi connectivity index (χ4n) is 1.71. The quantitative estimate of drug-likeness (QED) is 0.870. The van der Waals surface area contributed by atoms with Gasteiger partial charge in [-0.25, -0.2) is 4.39 Å². The molecular formula is C12H12ClFN2OS. The number of H-pyrrole nitrogens is 1. The van der Waals surface area contributed by atoms with Crippen molar-refractivity contribution in [1.29, 1.82) is 0 Å². The van der Waals surface area contributed by atoms with Crippen LogP contribution in [0.3, 0.4) is 0 Å². The summed E-state index contributed by atoms with van der Waals surface area (Å²) < 4.78 is 19.0. The van der Waals surface area contributed by atoms with E-state index in [1.54, 1.807) is 6.07 Å². The molecule has 96 valence electrons. The van der Waals surface area contributed by atoms with Gasteiger partial charge in [0.05, 0.1) is 22.9 Å². The van der Waals surface area contributed by atoms with Gasteiger partial charge in [0.25, 0.3) is 0 Å². The van der Waals surface area contributed by atoms with Crippen LogP contribution in [0.25, 0.3) is 11.3 Å². The lowest BCUT2D eigenvalue weighted by molar-refractivity contribution is 0.414. The molecule has 0 unspecified atom stereocenters. The van der Waals surface area contributed by atoms with Gasteiger partial charge in [-0.05, 0) is 25.3 Å². The Labute approximate surface area is 114 Å². The molecule has 6 heteroatoms. The molecule has 0 amide bonds. The number of benzene rings is 1. The van der Waals surface area contributed by atoms with Gasteiger partial charge < -0.3 is 4.74 Å². The number of thioether (sulfide) groups is 1. The summed E-state index contributed by atoms with van der Waals surface area (Å²) in [5.41, 5.74) is 1.86. The number of nitrogens with zero attached hydrogens (tertiary/aromatic N) is 1. The van der Waals surface area contributed by atoms with E-state index in [2.05, 4.69) is 10.2 Å². The van der Waals surface area contributed by atoms with Gasteiger partial charge in [-0.15, -0.1) is 11.8 Å². The third-order valence-corrected chi connectivity index (χ3v) is 3.77. The highest BCUT2D eigenvalue weighted by Crippen LogP contribution is 2.35. The molecule has 0 aliphatic heterocycles. The number of nitrogens with one attached hydrogen (secondary N) is 1. The third kappa shape index (κ3) is 2.20. The molecule has 0 bridgehead atoms. The fourth-order valence-corrected chi connectivity index (χ4v) is 2.48. The first-order valence-corrected chi connectivity index (χ1v) is 6.81. The zero-order valence-electron chi connectivity index (χ0n) is 10.2. The SMILES string of the molecule is COc1cc(-c2n[nH]c(SC)c2C)c(F)cc1Cl. The molecular weight excluding hydrogens is 275 g/mol. The highest BCUT2D eigenvalue weighted by atomic mass is 35.5. The van der Waals surface area contributed by atoms with Crippen molar-refractivity contribution in [1.82, 2.24) is 10.2 Å². The summed E-state index contributed by atoms with van der Waals surface area (Å²) in [6, 6.07) is 2.80. The maximum Gasteiger partial charge on any atom is 0.138 e. The minimum Gasteiger partial charge on any atom is -0.495 e. The Morgan fingerprint density at radius 3 is 2.72 bits per heavy atom. The van der Waals surface area contributed by atoms with Crippen LogP contribution in [0.2, 0.25) is 5.02 Å². The molecule has 18 heavy (non-hydrogen) atoms. The van der Waals surface area contributed by atoms with Gasteiger partial charge in [-0.3, -0.25) is 5.10 Å². The summed E-state index contributed by atoms with van der Waals surface area (Å²) in [6.07, 6.45) is 1.93. The number of rotatable bonds is 3. The molecule has 2 aromatic rings. The maximum absolute atomic E-state index is 13.9. The standard InChI is InChI=1S/C12H12ClFN2OS/c1-6-11(15-16-12(6)18-3)7-4-10(17-2)8(13)5-9(7)14/h4-5H,1-3H3,(H,15,16). The molecule has 0 saturated carbocycles. The van der Waals surface area contributed by atoms with E-state index < -0.39 is 5.82 Å². The molecule has 1 N–H and O–H groups in total. The highest BCUT2D eigenvalue weighted by molar-refractivity contribution is 7.98. The molecule has 0 radical (unpaired) electrons. The van der Waals surface area contributed by atoms with Crippen molar-refractivity contribution in [3.8, 4) is 17.0 Å². The molecule has 0 spiro atoms. The summed E-state index contributed by atoms with van der Waals surface area (Å²) in [7, 11) is 1.49. The second kappa shape index (κ2) is 5.20. The summed E-state index contributed by atoms with van der Waals surface area (Å²) in [4.78, 5) is 0. The van der Waals surface area contributed by atoms with E-state index in [1.165, 1.54) is 24.9 Å². The molecule has 1 aromatic heterocycles. The number of hydrogen-bond donors (Lipinski definition) is 1. The van der Waals surface area contributed by atoms with Crippen LogP contribution in [0.1, 0.15) is 5.56 Å². The summed E-state index contributed by atoms with van der Waals surface area (Å²) >= 11 is 7.40. The summed E-state index contributed by atoms with van der Waals surface area (Å²) in [5, 5.41) is 8.17. The van der Waals surface area contributed by atoms with Crippen molar-refractivity contribution in [3.63, 3.8) is 0 Å². The van der Waals surface area contributed by atoms with Crippen molar-refractivity contribution < 1.29 is 9.13 Å². The molecule has 0 atom stereocenters. The van der Waals surface area contributed by atoms with Crippen LogP contribution in [0.4, 0.5) is 4.39 Å². The van der Waals surface area contributed by atoms with E-state index >= 15 is 0 Å². The summed E-state index contributed by atoms with van der Waals surface area (Å²) in [5.74, 6) is 0.0178. The highest BCUT2D eigenvalue weighted by Gasteiger charge is 2.17. The van der Waals surface area contributed by atoms with E-state index in [1.807, 2.05) is 13.2 Å². The lowest BCUT2D eigenvalue weighted by Crippen LogP contribution is -1.91. The molecule has 0 fully saturated rings. The zero-order valence-corrected chi connectivity index (χ0v) is 11.7.